The Labute approximate surface area is 304 Å². The molecule has 10 rings (SSSR count). The molecule has 0 saturated heterocycles. The molecule has 250 valence electrons. The number of para-hydroxylation sites is 2. The highest BCUT2D eigenvalue weighted by molar-refractivity contribution is 6.11. The number of nitrogens with zero attached hydrogens (tertiary/aromatic N) is 4. The van der Waals surface area contributed by atoms with Crippen molar-refractivity contribution in [3.05, 3.63) is 175 Å². The molecule has 0 spiro atoms. The number of allylic oxidation sites excluding steroid dienone is 1. The van der Waals surface area contributed by atoms with Crippen LogP contribution in [0.1, 0.15) is 25.8 Å². The van der Waals surface area contributed by atoms with Crippen LogP contribution in [0.15, 0.2) is 170 Å². The van der Waals surface area contributed by atoms with E-state index in [1.165, 1.54) is 38.7 Å². The van der Waals surface area contributed by atoms with E-state index in [0.29, 0.717) is 11.7 Å². The molecule has 0 bridgehead atoms. The zero-order valence-electron chi connectivity index (χ0n) is 29.3. The molecule has 6 aromatic carbocycles. The molecule has 4 nitrogen and oxygen atoms in total. The molecular formula is C48H38N4. The molecule has 3 atom stereocenters. The van der Waals surface area contributed by atoms with Gasteiger partial charge in [-0.3, -0.25) is 0 Å². The van der Waals surface area contributed by atoms with E-state index in [0.717, 1.165) is 40.2 Å². The van der Waals surface area contributed by atoms with Gasteiger partial charge in [-0.15, -0.1) is 0 Å². The number of rotatable bonds is 5. The lowest BCUT2D eigenvalue weighted by Crippen LogP contribution is -2.45. The minimum absolute atomic E-state index is 0.00808. The number of hydrogen-bond acceptors (Lipinski definition) is 3. The second-order valence-corrected chi connectivity index (χ2v) is 14.5. The fraction of sp³-hybridized carbons (Fsp3) is 0.125. The lowest BCUT2D eigenvalue weighted by Gasteiger charge is -2.42. The highest BCUT2D eigenvalue weighted by Crippen LogP contribution is 2.56. The Kier molecular flexibility index (Phi) is 7.00. The zero-order valence-corrected chi connectivity index (χ0v) is 29.3. The standard InChI is InChI=1S/C48H38N4/c1-32-15-14-24-46-48(32,2)40-29-39-38-22-12-13-23-43(38)51(44(39)31-45(40)52(46)36-20-10-5-11-21-36)37-27-25-35(26-28-37)47-49-41(33-16-6-3-7-17-33)30-42(50-47)34-18-8-4-9-19-34/h3-14,16-32,46H,15H2,1-2H3. The van der Waals surface area contributed by atoms with Crippen LogP contribution in [0.25, 0.3) is 61.4 Å². The van der Waals surface area contributed by atoms with E-state index >= 15 is 0 Å². The van der Waals surface area contributed by atoms with Gasteiger partial charge >= 0.3 is 0 Å². The molecule has 2 aliphatic rings. The van der Waals surface area contributed by atoms with Crippen LogP contribution in [0.4, 0.5) is 11.4 Å². The number of anilines is 2. The maximum Gasteiger partial charge on any atom is 0.160 e. The Morgan fingerprint density at radius 2 is 1.19 bits per heavy atom. The van der Waals surface area contributed by atoms with Gasteiger partial charge in [-0.2, -0.15) is 0 Å². The fourth-order valence-electron chi connectivity index (χ4n) is 8.73. The summed E-state index contributed by atoms with van der Waals surface area (Å²) >= 11 is 0. The number of hydrogen-bond donors (Lipinski definition) is 0. The third-order valence-corrected chi connectivity index (χ3v) is 11.6. The van der Waals surface area contributed by atoms with Crippen LogP contribution in [-0.4, -0.2) is 20.6 Å². The first kappa shape index (κ1) is 30.6. The molecule has 0 N–H and O–H groups in total. The molecule has 0 amide bonds. The molecule has 52 heavy (non-hydrogen) atoms. The molecular weight excluding hydrogens is 633 g/mol. The van der Waals surface area contributed by atoms with Gasteiger partial charge < -0.3 is 9.47 Å². The van der Waals surface area contributed by atoms with E-state index in [1.807, 2.05) is 12.1 Å². The van der Waals surface area contributed by atoms with Crippen molar-refractivity contribution in [1.29, 1.82) is 0 Å². The minimum Gasteiger partial charge on any atom is -0.333 e. The van der Waals surface area contributed by atoms with Crippen LogP contribution >= 0.6 is 0 Å². The quantitative estimate of drug-likeness (QED) is 0.171. The van der Waals surface area contributed by atoms with Crippen molar-refractivity contribution >= 4 is 33.2 Å². The third kappa shape index (κ3) is 4.67. The van der Waals surface area contributed by atoms with Crippen molar-refractivity contribution in [2.45, 2.75) is 31.7 Å². The molecule has 2 aromatic heterocycles. The molecule has 0 radical (unpaired) electrons. The summed E-state index contributed by atoms with van der Waals surface area (Å²) in [5.41, 5.74) is 12.4. The summed E-state index contributed by atoms with van der Waals surface area (Å²) in [6.07, 6.45) is 5.92. The van der Waals surface area contributed by atoms with Gasteiger partial charge in [-0.25, -0.2) is 9.97 Å². The molecule has 3 unspecified atom stereocenters. The van der Waals surface area contributed by atoms with Gasteiger partial charge in [-0.1, -0.05) is 123 Å². The van der Waals surface area contributed by atoms with Crippen LogP contribution in [0, 0.1) is 5.92 Å². The van der Waals surface area contributed by atoms with E-state index < -0.39 is 0 Å². The SMILES string of the molecule is CC1CC=CC2N(c3ccccc3)c3cc4c(cc3C12C)c1ccccc1n4-c1ccc(-c2nc(-c3ccccc3)cc(-c3ccccc3)n2)cc1. The average Bonchev–Trinajstić information content (AvgIpc) is 3.67. The van der Waals surface area contributed by atoms with Gasteiger partial charge in [0.05, 0.1) is 28.5 Å². The molecule has 4 heteroatoms. The predicted octanol–water partition coefficient (Wildman–Crippen LogP) is 11.9. The molecule has 1 aliphatic carbocycles. The van der Waals surface area contributed by atoms with Gasteiger partial charge in [0.25, 0.3) is 0 Å². The van der Waals surface area contributed by atoms with Gasteiger partial charge in [0.1, 0.15) is 0 Å². The largest absolute Gasteiger partial charge is 0.333 e. The van der Waals surface area contributed by atoms with Crippen LogP contribution in [0.3, 0.4) is 0 Å². The maximum atomic E-state index is 5.09. The fourth-order valence-corrected chi connectivity index (χ4v) is 8.73. The summed E-state index contributed by atoms with van der Waals surface area (Å²) in [6.45, 7) is 4.90. The Balaban J connectivity index is 1.14. The first-order valence-electron chi connectivity index (χ1n) is 18.3. The highest BCUT2D eigenvalue weighted by Gasteiger charge is 2.51. The van der Waals surface area contributed by atoms with Gasteiger partial charge in [0, 0.05) is 49.9 Å². The van der Waals surface area contributed by atoms with E-state index in [1.54, 1.807) is 0 Å². The first-order chi connectivity index (χ1) is 25.6. The smallest absolute Gasteiger partial charge is 0.160 e. The van der Waals surface area contributed by atoms with Crippen LogP contribution in [0.2, 0.25) is 0 Å². The second kappa shape index (κ2) is 11.9. The molecule has 1 aliphatic heterocycles. The van der Waals surface area contributed by atoms with Crippen molar-refractivity contribution in [3.8, 4) is 39.6 Å². The van der Waals surface area contributed by atoms with E-state index in [9.17, 15) is 0 Å². The zero-order chi connectivity index (χ0) is 34.8. The Bertz CT molecular complexity index is 2570. The summed E-state index contributed by atoms with van der Waals surface area (Å²) in [6, 6.07) is 56.5. The van der Waals surface area contributed by atoms with Crippen LogP contribution < -0.4 is 4.90 Å². The Morgan fingerprint density at radius 3 is 1.87 bits per heavy atom. The average molecular weight is 671 g/mol. The highest BCUT2D eigenvalue weighted by atomic mass is 15.2. The topological polar surface area (TPSA) is 34.0 Å². The van der Waals surface area contributed by atoms with Gasteiger partial charge in [-0.05, 0) is 78.6 Å². The van der Waals surface area contributed by atoms with Crippen molar-refractivity contribution in [1.82, 2.24) is 14.5 Å². The number of fused-ring (bicyclic) bond motifs is 6. The summed E-state index contributed by atoms with van der Waals surface area (Å²) in [4.78, 5) is 12.8. The molecule has 0 saturated carbocycles. The van der Waals surface area contributed by atoms with Crippen molar-refractivity contribution < 1.29 is 0 Å². The summed E-state index contributed by atoms with van der Waals surface area (Å²) in [5.74, 6) is 1.22. The van der Waals surface area contributed by atoms with Crippen LogP contribution in [0.5, 0.6) is 0 Å². The van der Waals surface area contributed by atoms with E-state index in [2.05, 4.69) is 181 Å². The van der Waals surface area contributed by atoms with Gasteiger partial charge in [0.2, 0.25) is 0 Å². The minimum atomic E-state index is -0.00808. The van der Waals surface area contributed by atoms with Crippen molar-refractivity contribution in [2.75, 3.05) is 4.90 Å². The number of benzene rings is 6. The van der Waals surface area contributed by atoms with E-state index in [-0.39, 0.29) is 11.5 Å². The third-order valence-electron chi connectivity index (χ3n) is 11.6. The van der Waals surface area contributed by atoms with E-state index in [4.69, 9.17) is 9.97 Å². The summed E-state index contributed by atoms with van der Waals surface area (Å²) in [5, 5.41) is 2.56. The van der Waals surface area contributed by atoms with Crippen LogP contribution in [-0.2, 0) is 5.41 Å². The Hall–Kier alpha value is -6.26. The maximum absolute atomic E-state index is 5.09. The normalized spacial score (nSPS) is 19.2. The summed E-state index contributed by atoms with van der Waals surface area (Å²) < 4.78 is 2.43. The lowest BCUT2D eigenvalue weighted by atomic mass is 9.65. The first-order valence-corrected chi connectivity index (χ1v) is 18.3. The monoisotopic (exact) mass is 670 g/mol. The van der Waals surface area contributed by atoms with Gasteiger partial charge in [0.15, 0.2) is 5.82 Å². The van der Waals surface area contributed by atoms with Crippen molar-refractivity contribution in [2.24, 2.45) is 5.92 Å². The van der Waals surface area contributed by atoms with Crippen molar-refractivity contribution in [3.63, 3.8) is 0 Å². The predicted molar refractivity (Wildman–Crippen MR) is 215 cm³/mol. The summed E-state index contributed by atoms with van der Waals surface area (Å²) in [7, 11) is 0. The molecule has 3 heterocycles. The molecule has 0 fully saturated rings. The second-order valence-electron chi connectivity index (χ2n) is 14.5. The Morgan fingerprint density at radius 1 is 0.577 bits per heavy atom. The number of aromatic nitrogens is 3. The molecule has 8 aromatic rings. The lowest BCUT2D eigenvalue weighted by molar-refractivity contribution is 0.290.